The Kier molecular flexibility index (Phi) is 6.04. The smallest absolute Gasteiger partial charge is 0.252 e. The number of nitrogens with zero attached hydrogens (tertiary/aromatic N) is 1. The maximum atomic E-state index is 13.4. The molecule has 0 fully saturated rings. The van der Waals surface area contributed by atoms with E-state index in [1.807, 2.05) is 62.4 Å². The third-order valence-corrected chi connectivity index (χ3v) is 8.14. The summed E-state index contributed by atoms with van der Waals surface area (Å²) >= 11 is 4.76. The lowest BCUT2D eigenvalue weighted by atomic mass is 10.1. The van der Waals surface area contributed by atoms with E-state index in [1.54, 1.807) is 24.3 Å². The molecule has 7 heteroatoms. The Hall–Kier alpha value is -2.09. The lowest BCUT2D eigenvalue weighted by Crippen LogP contribution is -2.24. The van der Waals surface area contributed by atoms with Gasteiger partial charge in [0.25, 0.3) is 5.23 Å². The molecule has 1 aliphatic heterocycles. The molecule has 0 saturated carbocycles. The molecule has 0 aliphatic carbocycles. The van der Waals surface area contributed by atoms with Gasteiger partial charge in [-0.05, 0) is 67.6 Å². The summed E-state index contributed by atoms with van der Waals surface area (Å²) in [5.74, 6) is 0. The van der Waals surface area contributed by atoms with Gasteiger partial charge in [0.1, 0.15) is 0 Å². The van der Waals surface area contributed by atoms with E-state index in [0.717, 1.165) is 26.1 Å². The van der Waals surface area contributed by atoms with Crippen molar-refractivity contribution in [2.45, 2.75) is 35.1 Å². The molecule has 154 valence electrons. The van der Waals surface area contributed by atoms with E-state index < -0.39 is 21.3 Å². The molecule has 0 bridgehead atoms. The summed E-state index contributed by atoms with van der Waals surface area (Å²) in [5.41, 5.74) is 2.92. The van der Waals surface area contributed by atoms with Gasteiger partial charge in [0, 0.05) is 9.37 Å². The Labute approximate surface area is 189 Å². The molecule has 0 aromatic heterocycles. The number of halogens is 1. The molecular weight excluding hydrogens is 482 g/mol. The fourth-order valence-electron chi connectivity index (χ4n) is 3.11. The van der Waals surface area contributed by atoms with Crippen molar-refractivity contribution in [3.63, 3.8) is 0 Å². The predicted octanol–water partition coefficient (Wildman–Crippen LogP) is 6.09. The summed E-state index contributed by atoms with van der Waals surface area (Å²) in [4.78, 5) is 5.71. The average molecular weight is 502 g/mol. The predicted molar refractivity (Wildman–Crippen MR) is 125 cm³/mol. The second kappa shape index (κ2) is 8.57. The first kappa shape index (κ1) is 21.2. The van der Waals surface area contributed by atoms with Crippen molar-refractivity contribution in [1.82, 2.24) is 0 Å². The normalized spacial score (nSPS) is 18.7. The quantitative estimate of drug-likeness (QED) is 0.434. The van der Waals surface area contributed by atoms with E-state index in [9.17, 15) is 8.42 Å². The minimum Gasteiger partial charge on any atom is -0.461 e. The fourth-order valence-corrected chi connectivity index (χ4v) is 5.80. The van der Waals surface area contributed by atoms with Crippen LogP contribution in [0.4, 0.5) is 0 Å². The Morgan fingerprint density at radius 1 is 0.867 bits per heavy atom. The number of sulfone groups is 1. The maximum Gasteiger partial charge on any atom is 0.252 e. The molecular formula is C23H20BrNO3S2. The van der Waals surface area contributed by atoms with Crippen LogP contribution in [0.5, 0.6) is 0 Å². The number of ether oxygens (including phenoxy) is 1. The van der Waals surface area contributed by atoms with Crippen molar-refractivity contribution < 1.29 is 13.2 Å². The lowest BCUT2D eigenvalue weighted by Gasteiger charge is -2.18. The minimum absolute atomic E-state index is 0.245. The van der Waals surface area contributed by atoms with Crippen LogP contribution in [0.2, 0.25) is 0 Å². The van der Waals surface area contributed by atoms with Gasteiger partial charge in [-0.2, -0.15) is 0 Å². The monoisotopic (exact) mass is 501 g/mol. The highest BCUT2D eigenvalue weighted by Gasteiger charge is 2.42. The molecule has 0 saturated heterocycles. The van der Waals surface area contributed by atoms with Crippen molar-refractivity contribution in [3.8, 4) is 0 Å². The standard InChI is InChI=1S/C23H20BrNO3S2/c1-15-3-11-19(12-4-15)29-23-25-22(21(28-23)17-7-9-18(24)10-8-17)30(26,27)20-13-5-16(2)6-14-20/h3-14,21-22H,1-2H3/t21-,22-/m1/s1. The summed E-state index contributed by atoms with van der Waals surface area (Å²) < 4.78 is 33.9. The Balaban J connectivity index is 1.71. The minimum atomic E-state index is -3.73. The number of aliphatic imine (C=N–C) groups is 1. The van der Waals surface area contributed by atoms with E-state index in [4.69, 9.17) is 4.74 Å². The number of hydrogen-bond acceptors (Lipinski definition) is 5. The van der Waals surface area contributed by atoms with Crippen LogP contribution in [0.15, 0.2) is 92.1 Å². The van der Waals surface area contributed by atoms with Gasteiger partial charge in [-0.3, -0.25) is 0 Å². The van der Waals surface area contributed by atoms with E-state index >= 15 is 0 Å². The molecule has 2 atom stereocenters. The van der Waals surface area contributed by atoms with Crippen molar-refractivity contribution in [3.05, 3.63) is 94.0 Å². The highest BCUT2D eigenvalue weighted by atomic mass is 79.9. The molecule has 3 aromatic rings. The molecule has 0 spiro atoms. The molecule has 0 N–H and O–H groups in total. The lowest BCUT2D eigenvalue weighted by molar-refractivity contribution is 0.224. The van der Waals surface area contributed by atoms with Gasteiger partial charge in [-0.15, -0.1) is 0 Å². The highest BCUT2D eigenvalue weighted by molar-refractivity contribution is 9.10. The molecule has 30 heavy (non-hydrogen) atoms. The van der Waals surface area contributed by atoms with Crippen LogP contribution in [0.1, 0.15) is 22.8 Å². The van der Waals surface area contributed by atoms with Crippen LogP contribution in [0.3, 0.4) is 0 Å². The van der Waals surface area contributed by atoms with Gasteiger partial charge in [-0.1, -0.05) is 63.5 Å². The summed E-state index contributed by atoms with van der Waals surface area (Å²) in [7, 11) is -3.73. The van der Waals surface area contributed by atoms with Gasteiger partial charge in [-0.25, -0.2) is 13.4 Å². The molecule has 0 amide bonds. The zero-order chi connectivity index (χ0) is 21.3. The Morgan fingerprint density at radius 3 is 2.03 bits per heavy atom. The molecule has 4 rings (SSSR count). The summed E-state index contributed by atoms with van der Waals surface area (Å²) in [6.07, 6.45) is -0.711. The maximum absolute atomic E-state index is 13.4. The van der Waals surface area contributed by atoms with E-state index in [1.165, 1.54) is 11.8 Å². The number of benzene rings is 3. The van der Waals surface area contributed by atoms with Gasteiger partial charge in [0.2, 0.25) is 15.2 Å². The van der Waals surface area contributed by atoms with Gasteiger partial charge in [0.15, 0.2) is 6.10 Å². The fraction of sp³-hybridized carbons (Fsp3) is 0.174. The van der Waals surface area contributed by atoms with Crippen molar-refractivity contribution >= 4 is 42.8 Å². The molecule has 1 heterocycles. The van der Waals surface area contributed by atoms with Crippen LogP contribution in [0, 0.1) is 13.8 Å². The molecule has 4 nitrogen and oxygen atoms in total. The number of thioether (sulfide) groups is 1. The van der Waals surface area contributed by atoms with Gasteiger partial charge < -0.3 is 4.74 Å². The molecule has 3 aromatic carbocycles. The zero-order valence-corrected chi connectivity index (χ0v) is 19.7. The average Bonchev–Trinajstić information content (AvgIpc) is 3.15. The highest BCUT2D eigenvalue weighted by Crippen LogP contribution is 2.39. The second-order valence-corrected chi connectivity index (χ2v) is 11.1. The first-order valence-electron chi connectivity index (χ1n) is 9.38. The topological polar surface area (TPSA) is 55.7 Å². The first-order chi connectivity index (χ1) is 14.3. The number of aryl methyl sites for hydroxylation is 2. The van der Waals surface area contributed by atoms with Crippen LogP contribution in [-0.2, 0) is 14.6 Å². The third-order valence-electron chi connectivity index (χ3n) is 4.81. The van der Waals surface area contributed by atoms with Gasteiger partial charge in [0.05, 0.1) is 4.90 Å². The van der Waals surface area contributed by atoms with Crippen molar-refractivity contribution in [2.24, 2.45) is 4.99 Å². The Bertz CT molecular complexity index is 1170. The summed E-state index contributed by atoms with van der Waals surface area (Å²) in [6, 6.07) is 22.3. The van der Waals surface area contributed by atoms with E-state index in [0.29, 0.717) is 5.23 Å². The number of hydrogen-bond donors (Lipinski definition) is 0. The SMILES string of the molecule is Cc1ccc(SC2=N[C@H](S(=O)(=O)c3ccc(C)cc3)[C@@H](c3ccc(Br)cc3)O2)cc1. The molecule has 1 aliphatic rings. The first-order valence-corrected chi connectivity index (χ1v) is 12.5. The van der Waals surface area contributed by atoms with Crippen LogP contribution in [-0.4, -0.2) is 19.0 Å². The summed E-state index contributed by atoms with van der Waals surface area (Å²) in [6.45, 7) is 3.94. The zero-order valence-electron chi connectivity index (χ0n) is 16.4. The van der Waals surface area contributed by atoms with Gasteiger partial charge >= 0.3 is 0 Å². The van der Waals surface area contributed by atoms with E-state index in [2.05, 4.69) is 20.9 Å². The Morgan fingerprint density at radius 2 is 1.43 bits per heavy atom. The number of rotatable bonds is 4. The van der Waals surface area contributed by atoms with Crippen LogP contribution >= 0.6 is 27.7 Å². The molecule has 0 unspecified atom stereocenters. The third kappa shape index (κ3) is 4.48. The van der Waals surface area contributed by atoms with E-state index in [-0.39, 0.29) is 4.90 Å². The van der Waals surface area contributed by atoms with Crippen molar-refractivity contribution in [2.75, 3.05) is 0 Å². The van der Waals surface area contributed by atoms with Crippen molar-refractivity contribution in [1.29, 1.82) is 0 Å². The molecule has 0 radical (unpaired) electrons. The van der Waals surface area contributed by atoms with Crippen LogP contribution in [0.25, 0.3) is 0 Å². The summed E-state index contributed by atoms with van der Waals surface area (Å²) in [5, 5.41) is -0.693. The van der Waals surface area contributed by atoms with Crippen LogP contribution < -0.4 is 0 Å². The largest absolute Gasteiger partial charge is 0.461 e. The second-order valence-electron chi connectivity index (χ2n) is 7.15.